The van der Waals surface area contributed by atoms with Gasteiger partial charge in [-0.3, -0.25) is 0 Å². The molecule has 1 aromatic carbocycles. The van der Waals surface area contributed by atoms with E-state index in [1.807, 2.05) is 30.7 Å². The fraction of sp³-hybridized carbons (Fsp3) is 0.357. The molecule has 102 valence electrons. The molecule has 0 bridgehead atoms. The van der Waals surface area contributed by atoms with Crippen molar-refractivity contribution in [3.63, 3.8) is 0 Å². The summed E-state index contributed by atoms with van der Waals surface area (Å²) in [6.07, 6.45) is 0. The third-order valence-corrected chi connectivity index (χ3v) is 4.50. The molecule has 2 aromatic rings. The zero-order valence-electron chi connectivity index (χ0n) is 11.3. The van der Waals surface area contributed by atoms with Gasteiger partial charge in [0, 0.05) is 6.54 Å². The number of aryl methyl sites for hydroxylation is 1. The van der Waals surface area contributed by atoms with Crippen LogP contribution in [0.2, 0.25) is 5.02 Å². The first-order valence-corrected chi connectivity index (χ1v) is 7.43. The lowest BCUT2D eigenvalue weighted by Gasteiger charge is -2.13. The lowest BCUT2D eigenvalue weighted by atomic mass is 10.1. The van der Waals surface area contributed by atoms with Crippen molar-refractivity contribution in [2.75, 3.05) is 6.54 Å². The van der Waals surface area contributed by atoms with Crippen molar-refractivity contribution in [1.82, 2.24) is 15.1 Å². The van der Waals surface area contributed by atoms with Crippen LogP contribution in [0.4, 0.5) is 0 Å². The van der Waals surface area contributed by atoms with Crippen LogP contribution < -0.4 is 5.32 Å². The van der Waals surface area contributed by atoms with E-state index in [9.17, 15) is 0 Å². The fourth-order valence-electron chi connectivity index (χ4n) is 2.04. The molecule has 3 nitrogen and oxygen atoms in total. The van der Waals surface area contributed by atoms with Crippen molar-refractivity contribution < 1.29 is 0 Å². The van der Waals surface area contributed by atoms with Crippen LogP contribution in [0.25, 0.3) is 5.69 Å². The molecule has 0 radical (unpaired) electrons. The van der Waals surface area contributed by atoms with Crippen LogP contribution in [0.3, 0.4) is 0 Å². The molecule has 0 fully saturated rings. The average Bonchev–Trinajstić information content (AvgIpc) is 2.64. The zero-order chi connectivity index (χ0) is 14.0. The van der Waals surface area contributed by atoms with E-state index < -0.39 is 0 Å². The smallest absolute Gasteiger partial charge is 0.0880 e. The molecule has 0 unspecified atom stereocenters. The van der Waals surface area contributed by atoms with Gasteiger partial charge in [-0.15, -0.1) is 0 Å². The Kier molecular flexibility index (Phi) is 4.66. The Morgan fingerprint density at radius 3 is 2.68 bits per heavy atom. The summed E-state index contributed by atoms with van der Waals surface area (Å²) in [5, 5.41) is 8.61. The quantitative estimate of drug-likeness (QED) is 0.909. The van der Waals surface area contributed by atoms with E-state index in [2.05, 4.69) is 39.3 Å². The minimum Gasteiger partial charge on any atom is -0.313 e. The van der Waals surface area contributed by atoms with Crippen LogP contribution >= 0.6 is 27.5 Å². The Hall–Kier alpha value is -0.840. The second-order valence-electron chi connectivity index (χ2n) is 4.42. The van der Waals surface area contributed by atoms with Crippen LogP contribution in [0, 0.1) is 13.8 Å². The molecule has 0 saturated heterocycles. The molecule has 1 aromatic heterocycles. The first kappa shape index (κ1) is 14.6. The lowest BCUT2D eigenvalue weighted by Crippen LogP contribution is -2.15. The summed E-state index contributed by atoms with van der Waals surface area (Å²) in [7, 11) is 0. The summed E-state index contributed by atoms with van der Waals surface area (Å²) in [4.78, 5) is 0. The second-order valence-corrected chi connectivity index (χ2v) is 5.62. The minimum atomic E-state index is 0.716. The number of rotatable bonds is 4. The molecule has 19 heavy (non-hydrogen) atoms. The Bertz CT molecular complexity index is 593. The van der Waals surface area contributed by atoms with Crippen molar-refractivity contribution in [2.45, 2.75) is 27.3 Å². The second kappa shape index (κ2) is 6.07. The monoisotopic (exact) mass is 341 g/mol. The van der Waals surface area contributed by atoms with Gasteiger partial charge in [0.1, 0.15) is 0 Å². The van der Waals surface area contributed by atoms with Crippen LogP contribution in [-0.4, -0.2) is 16.3 Å². The molecule has 2 rings (SSSR count). The lowest BCUT2D eigenvalue weighted by molar-refractivity contribution is 0.713. The number of para-hydroxylation sites is 1. The van der Waals surface area contributed by atoms with Gasteiger partial charge in [0.2, 0.25) is 0 Å². The molecule has 0 amide bonds. The van der Waals surface area contributed by atoms with Crippen LogP contribution in [0.5, 0.6) is 0 Å². The Balaban J connectivity index is 2.56. The molecule has 0 aliphatic rings. The molecule has 0 aliphatic carbocycles. The highest BCUT2D eigenvalue weighted by atomic mass is 79.9. The highest BCUT2D eigenvalue weighted by molar-refractivity contribution is 9.10. The first-order chi connectivity index (χ1) is 9.06. The van der Waals surface area contributed by atoms with Crippen LogP contribution in [0.1, 0.15) is 23.9 Å². The molecule has 5 heteroatoms. The number of nitrogens with one attached hydrogen (secondary N) is 1. The van der Waals surface area contributed by atoms with Gasteiger partial charge in [0.05, 0.1) is 26.6 Å². The van der Waals surface area contributed by atoms with Gasteiger partial charge < -0.3 is 5.32 Å². The predicted octanol–water partition coefficient (Wildman–Crippen LogP) is 4.01. The number of hydrogen-bond acceptors (Lipinski definition) is 2. The Morgan fingerprint density at radius 2 is 2.11 bits per heavy atom. The van der Waals surface area contributed by atoms with Gasteiger partial charge in [0.25, 0.3) is 0 Å². The van der Waals surface area contributed by atoms with E-state index in [0.717, 1.165) is 40.2 Å². The van der Waals surface area contributed by atoms with Gasteiger partial charge in [0.15, 0.2) is 0 Å². The van der Waals surface area contributed by atoms with Crippen molar-refractivity contribution in [3.05, 3.63) is 44.6 Å². The molecule has 0 aliphatic heterocycles. The average molecular weight is 343 g/mol. The largest absolute Gasteiger partial charge is 0.313 e. The number of halogens is 2. The van der Waals surface area contributed by atoms with Gasteiger partial charge in [-0.25, -0.2) is 4.68 Å². The third-order valence-electron chi connectivity index (χ3n) is 3.05. The molecule has 0 saturated carbocycles. The third kappa shape index (κ3) is 2.86. The number of benzene rings is 1. The molecule has 0 spiro atoms. The number of nitrogens with zero attached hydrogens (tertiary/aromatic N) is 2. The summed E-state index contributed by atoms with van der Waals surface area (Å²) >= 11 is 9.93. The van der Waals surface area contributed by atoms with Crippen LogP contribution in [0.15, 0.2) is 22.7 Å². The van der Waals surface area contributed by atoms with E-state index in [4.69, 9.17) is 11.6 Å². The highest BCUT2D eigenvalue weighted by Crippen LogP contribution is 2.29. The van der Waals surface area contributed by atoms with E-state index in [1.54, 1.807) is 0 Å². The minimum absolute atomic E-state index is 0.716. The molecule has 1 N–H and O–H groups in total. The molecular formula is C14H17BrClN3. The van der Waals surface area contributed by atoms with Crippen molar-refractivity contribution in [1.29, 1.82) is 0 Å². The molecule has 0 atom stereocenters. The number of hydrogen-bond donors (Lipinski definition) is 1. The van der Waals surface area contributed by atoms with Gasteiger partial charge in [-0.05, 0) is 48.0 Å². The normalized spacial score (nSPS) is 11.0. The fourth-order valence-corrected chi connectivity index (χ4v) is 2.56. The van der Waals surface area contributed by atoms with Crippen molar-refractivity contribution in [3.8, 4) is 5.69 Å². The Morgan fingerprint density at radius 1 is 1.37 bits per heavy atom. The van der Waals surface area contributed by atoms with Crippen molar-refractivity contribution >= 4 is 27.5 Å². The summed E-state index contributed by atoms with van der Waals surface area (Å²) in [5.41, 5.74) is 4.12. The molecular weight excluding hydrogens is 326 g/mol. The van der Waals surface area contributed by atoms with Gasteiger partial charge in [-0.2, -0.15) is 5.10 Å². The molecule has 1 heterocycles. The van der Waals surface area contributed by atoms with Gasteiger partial charge in [-0.1, -0.05) is 30.7 Å². The summed E-state index contributed by atoms with van der Waals surface area (Å²) in [6.45, 7) is 7.80. The first-order valence-electron chi connectivity index (χ1n) is 6.26. The predicted molar refractivity (Wildman–Crippen MR) is 83.1 cm³/mol. The van der Waals surface area contributed by atoms with E-state index in [-0.39, 0.29) is 0 Å². The topological polar surface area (TPSA) is 29.9 Å². The maximum atomic E-state index is 6.37. The van der Waals surface area contributed by atoms with E-state index in [1.165, 1.54) is 0 Å². The zero-order valence-corrected chi connectivity index (χ0v) is 13.6. The summed E-state index contributed by atoms with van der Waals surface area (Å²) in [6, 6.07) is 5.95. The van der Waals surface area contributed by atoms with E-state index >= 15 is 0 Å². The van der Waals surface area contributed by atoms with Crippen molar-refractivity contribution in [2.24, 2.45) is 0 Å². The van der Waals surface area contributed by atoms with E-state index in [0.29, 0.717) is 5.02 Å². The maximum Gasteiger partial charge on any atom is 0.0880 e. The van der Waals surface area contributed by atoms with Crippen LogP contribution in [-0.2, 0) is 6.54 Å². The summed E-state index contributed by atoms with van der Waals surface area (Å²) in [5.74, 6) is 0. The summed E-state index contributed by atoms with van der Waals surface area (Å²) < 4.78 is 2.94. The SMILES string of the molecule is CCNCc1cccc(Cl)c1-n1nc(C)c(Br)c1C. The number of aromatic nitrogens is 2. The highest BCUT2D eigenvalue weighted by Gasteiger charge is 2.15. The van der Waals surface area contributed by atoms with Gasteiger partial charge >= 0.3 is 0 Å². The Labute approximate surface area is 127 Å². The maximum absolute atomic E-state index is 6.37. The standard InChI is InChI=1S/C14H17BrClN3/c1-4-17-8-11-6-5-7-12(16)14(11)19-10(3)13(15)9(2)18-19/h5-7,17H,4,8H2,1-3H3.